The van der Waals surface area contributed by atoms with E-state index in [0.717, 1.165) is 55.8 Å². The SMILES string of the molecule is CCC(c1ccc(Cl)c(Cl)c1)C(NC(=O)C(C)c1cccc(OC(C)C)c1)C1CCN(Cc2ccccc2)CC1. The minimum atomic E-state index is -0.303. The second kappa shape index (κ2) is 14.4. The van der Waals surface area contributed by atoms with Gasteiger partial charge in [-0.1, -0.05) is 78.7 Å². The molecule has 3 aromatic rings. The van der Waals surface area contributed by atoms with Crippen molar-refractivity contribution >= 4 is 29.1 Å². The summed E-state index contributed by atoms with van der Waals surface area (Å²) < 4.78 is 5.89. The maximum atomic E-state index is 13.8. The number of nitrogens with one attached hydrogen (secondary N) is 1. The van der Waals surface area contributed by atoms with Crippen LogP contribution < -0.4 is 10.1 Å². The molecule has 0 spiro atoms. The number of likely N-dealkylation sites (tertiary alicyclic amines) is 1. The average Bonchev–Trinajstić information content (AvgIpc) is 2.95. The number of nitrogens with zero attached hydrogens (tertiary/aromatic N) is 1. The molecule has 4 rings (SSSR count). The number of hydrogen-bond donors (Lipinski definition) is 1. The lowest BCUT2D eigenvalue weighted by atomic mass is 9.77. The Bertz CT molecular complexity index is 1240. The fourth-order valence-corrected chi connectivity index (χ4v) is 6.18. The van der Waals surface area contributed by atoms with Crippen molar-refractivity contribution in [2.45, 2.75) is 77.5 Å². The molecule has 0 aliphatic carbocycles. The first-order chi connectivity index (χ1) is 19.2. The first-order valence-corrected chi connectivity index (χ1v) is 15.3. The molecule has 1 heterocycles. The van der Waals surface area contributed by atoms with Gasteiger partial charge in [-0.05, 0) is 100.0 Å². The number of carbonyl (C=O) groups is 1. The van der Waals surface area contributed by atoms with Gasteiger partial charge in [-0.25, -0.2) is 0 Å². The molecule has 0 saturated carbocycles. The molecule has 1 aliphatic rings. The lowest BCUT2D eigenvalue weighted by Gasteiger charge is -2.40. The molecule has 1 amide bonds. The number of ether oxygens (including phenoxy) is 1. The summed E-state index contributed by atoms with van der Waals surface area (Å²) in [5.74, 6) is 1.02. The van der Waals surface area contributed by atoms with Gasteiger partial charge in [0.1, 0.15) is 5.75 Å². The number of hydrogen-bond acceptors (Lipinski definition) is 3. The van der Waals surface area contributed by atoms with E-state index in [0.29, 0.717) is 16.0 Å². The largest absolute Gasteiger partial charge is 0.491 e. The predicted octanol–water partition coefficient (Wildman–Crippen LogP) is 8.47. The van der Waals surface area contributed by atoms with Gasteiger partial charge < -0.3 is 10.1 Å². The third-order valence-electron chi connectivity index (χ3n) is 8.07. The fourth-order valence-electron chi connectivity index (χ4n) is 5.87. The first kappa shape index (κ1) is 30.4. The van der Waals surface area contributed by atoms with Crippen molar-refractivity contribution in [1.29, 1.82) is 0 Å². The third-order valence-corrected chi connectivity index (χ3v) is 8.81. The summed E-state index contributed by atoms with van der Waals surface area (Å²) in [6.07, 6.45) is 3.02. The van der Waals surface area contributed by atoms with Crippen LogP contribution in [0.15, 0.2) is 72.8 Å². The van der Waals surface area contributed by atoms with E-state index in [1.54, 1.807) is 0 Å². The number of benzene rings is 3. The molecule has 6 heteroatoms. The molecule has 4 nitrogen and oxygen atoms in total. The van der Waals surface area contributed by atoms with Crippen molar-refractivity contribution in [1.82, 2.24) is 10.2 Å². The molecule has 214 valence electrons. The van der Waals surface area contributed by atoms with Crippen LogP contribution in [0.3, 0.4) is 0 Å². The molecule has 3 aromatic carbocycles. The van der Waals surface area contributed by atoms with E-state index in [1.807, 2.05) is 57.2 Å². The van der Waals surface area contributed by atoms with Crippen molar-refractivity contribution in [2.24, 2.45) is 5.92 Å². The monoisotopic (exact) mass is 580 g/mol. The summed E-state index contributed by atoms with van der Waals surface area (Å²) in [5, 5.41) is 4.62. The number of piperidine rings is 1. The van der Waals surface area contributed by atoms with Gasteiger partial charge in [0.05, 0.1) is 22.1 Å². The highest BCUT2D eigenvalue weighted by Crippen LogP contribution is 2.36. The molecule has 0 aromatic heterocycles. The molecule has 1 saturated heterocycles. The molecular formula is C34H42Cl2N2O2. The number of rotatable bonds is 11. The van der Waals surface area contributed by atoms with E-state index < -0.39 is 0 Å². The maximum absolute atomic E-state index is 13.8. The highest BCUT2D eigenvalue weighted by Gasteiger charge is 2.34. The Balaban J connectivity index is 1.54. The second-order valence-corrected chi connectivity index (χ2v) is 12.1. The maximum Gasteiger partial charge on any atom is 0.227 e. The van der Waals surface area contributed by atoms with Crippen molar-refractivity contribution in [3.63, 3.8) is 0 Å². The Labute approximate surface area is 250 Å². The summed E-state index contributed by atoms with van der Waals surface area (Å²) >= 11 is 12.7. The summed E-state index contributed by atoms with van der Waals surface area (Å²) in [5.41, 5.74) is 3.41. The number of amides is 1. The van der Waals surface area contributed by atoms with Gasteiger partial charge in [-0.3, -0.25) is 9.69 Å². The molecule has 1 fully saturated rings. The zero-order valence-electron chi connectivity index (χ0n) is 24.1. The minimum absolute atomic E-state index is 0.00818. The Morgan fingerprint density at radius 3 is 2.30 bits per heavy atom. The van der Waals surface area contributed by atoms with Crippen LogP contribution in [0.25, 0.3) is 0 Å². The normalized spacial score (nSPS) is 16.9. The summed E-state index contributed by atoms with van der Waals surface area (Å²) in [4.78, 5) is 16.3. The summed E-state index contributed by atoms with van der Waals surface area (Å²) in [6.45, 7) is 11.2. The van der Waals surface area contributed by atoms with E-state index in [-0.39, 0.29) is 29.9 Å². The Hall–Kier alpha value is -2.53. The van der Waals surface area contributed by atoms with Crippen LogP contribution in [0, 0.1) is 5.92 Å². The topological polar surface area (TPSA) is 41.6 Å². The van der Waals surface area contributed by atoms with Gasteiger partial charge in [0.15, 0.2) is 0 Å². The fraction of sp³-hybridized carbons (Fsp3) is 0.441. The van der Waals surface area contributed by atoms with E-state index >= 15 is 0 Å². The van der Waals surface area contributed by atoms with Crippen molar-refractivity contribution in [3.05, 3.63) is 99.5 Å². The standard InChI is InChI=1S/C34H42Cl2N2O2/c1-5-30(28-14-15-31(35)32(36)21-28)33(26-16-18-38(19-17-26)22-25-10-7-6-8-11-25)37-34(39)24(4)27-12-9-13-29(20-27)40-23(2)3/h6-15,20-21,23-24,26,30,33H,5,16-19,22H2,1-4H3,(H,37,39). The first-order valence-electron chi connectivity index (χ1n) is 14.5. The number of carbonyl (C=O) groups excluding carboxylic acids is 1. The van der Waals surface area contributed by atoms with Crippen molar-refractivity contribution < 1.29 is 9.53 Å². The van der Waals surface area contributed by atoms with Crippen LogP contribution in [0.5, 0.6) is 5.75 Å². The molecule has 3 unspecified atom stereocenters. The highest BCUT2D eigenvalue weighted by molar-refractivity contribution is 6.42. The van der Waals surface area contributed by atoms with Gasteiger partial charge >= 0.3 is 0 Å². The van der Waals surface area contributed by atoms with Crippen LogP contribution in [-0.2, 0) is 11.3 Å². The minimum Gasteiger partial charge on any atom is -0.491 e. The van der Waals surface area contributed by atoms with E-state index in [4.69, 9.17) is 27.9 Å². The quantitative estimate of drug-likeness (QED) is 0.247. The van der Waals surface area contributed by atoms with Crippen LogP contribution in [0.1, 0.15) is 75.5 Å². The zero-order valence-corrected chi connectivity index (χ0v) is 25.6. The Kier molecular flexibility index (Phi) is 10.9. The van der Waals surface area contributed by atoms with Gasteiger partial charge in [0.25, 0.3) is 0 Å². The van der Waals surface area contributed by atoms with E-state index in [9.17, 15) is 4.79 Å². The number of halogens is 2. The van der Waals surface area contributed by atoms with Crippen molar-refractivity contribution in [3.8, 4) is 5.75 Å². The summed E-state index contributed by atoms with van der Waals surface area (Å²) in [7, 11) is 0. The summed E-state index contributed by atoms with van der Waals surface area (Å²) in [6, 6.07) is 24.4. The van der Waals surface area contributed by atoms with Crippen LogP contribution in [0.4, 0.5) is 0 Å². The Morgan fingerprint density at radius 1 is 0.925 bits per heavy atom. The smallest absolute Gasteiger partial charge is 0.227 e. The van der Waals surface area contributed by atoms with E-state index in [1.165, 1.54) is 5.56 Å². The van der Waals surface area contributed by atoms with Crippen LogP contribution in [-0.4, -0.2) is 36.0 Å². The molecule has 1 N–H and O–H groups in total. The highest BCUT2D eigenvalue weighted by atomic mass is 35.5. The zero-order chi connectivity index (χ0) is 28.6. The Morgan fingerprint density at radius 2 is 1.65 bits per heavy atom. The molecule has 1 aliphatic heterocycles. The molecule has 0 bridgehead atoms. The van der Waals surface area contributed by atoms with Crippen LogP contribution >= 0.6 is 23.2 Å². The average molecular weight is 582 g/mol. The second-order valence-electron chi connectivity index (χ2n) is 11.3. The van der Waals surface area contributed by atoms with Crippen molar-refractivity contribution in [2.75, 3.05) is 13.1 Å². The molecule has 3 atom stereocenters. The van der Waals surface area contributed by atoms with Gasteiger partial charge in [-0.15, -0.1) is 0 Å². The van der Waals surface area contributed by atoms with Gasteiger partial charge in [0.2, 0.25) is 5.91 Å². The third kappa shape index (κ3) is 8.02. The van der Waals surface area contributed by atoms with Crippen LogP contribution in [0.2, 0.25) is 10.0 Å². The molecular weight excluding hydrogens is 539 g/mol. The molecule has 40 heavy (non-hydrogen) atoms. The van der Waals surface area contributed by atoms with Gasteiger partial charge in [0, 0.05) is 18.5 Å². The molecule has 0 radical (unpaired) electrons. The predicted molar refractivity (Wildman–Crippen MR) is 166 cm³/mol. The van der Waals surface area contributed by atoms with Gasteiger partial charge in [-0.2, -0.15) is 0 Å². The lowest BCUT2D eigenvalue weighted by molar-refractivity contribution is -0.123. The van der Waals surface area contributed by atoms with E-state index in [2.05, 4.69) is 53.5 Å². The lowest BCUT2D eigenvalue weighted by Crippen LogP contribution is -2.49.